The zero-order chi connectivity index (χ0) is 20.3. The molecule has 8 heteroatoms. The highest BCUT2D eigenvalue weighted by Crippen LogP contribution is 2.37. The standard InChI is InChI=1S/C20H31N5O3/c1-14-5-6-24(12-15(14)2)20(27)21-10-16-9-18(26)25(7-8-28-4)19(16)17-11-22-23(3)13-17/h11,13,16,19H,5-10,12H2,1-4H3,(H,21,27)/t16-,19+/m1/s1. The number of likely N-dealkylation sites (tertiary alicyclic amines) is 1. The first-order valence-corrected chi connectivity index (χ1v) is 9.85. The topological polar surface area (TPSA) is 79.7 Å². The number of hydrogen-bond acceptors (Lipinski definition) is 4. The number of carbonyl (C=O) groups excluding carboxylic acids is 2. The van der Waals surface area contributed by atoms with Gasteiger partial charge in [-0.05, 0) is 20.3 Å². The monoisotopic (exact) mass is 389 g/mol. The van der Waals surface area contributed by atoms with Gasteiger partial charge in [-0.3, -0.25) is 9.48 Å². The average Bonchev–Trinajstić information content (AvgIpc) is 3.22. The van der Waals surface area contributed by atoms with Gasteiger partial charge < -0.3 is 19.9 Å². The fraction of sp³-hybridized carbons (Fsp3) is 0.650. The molecule has 0 saturated carbocycles. The van der Waals surface area contributed by atoms with E-state index in [-0.39, 0.29) is 23.9 Å². The number of urea groups is 1. The van der Waals surface area contributed by atoms with Crippen molar-refractivity contribution in [2.75, 3.05) is 39.9 Å². The zero-order valence-electron chi connectivity index (χ0n) is 17.3. The van der Waals surface area contributed by atoms with Gasteiger partial charge in [-0.25, -0.2) is 4.79 Å². The third-order valence-electron chi connectivity index (χ3n) is 5.86. The number of ether oxygens (including phenoxy) is 1. The van der Waals surface area contributed by atoms with Crippen LogP contribution in [0, 0.1) is 5.92 Å². The minimum absolute atomic E-state index is 0.0145. The summed E-state index contributed by atoms with van der Waals surface area (Å²) in [4.78, 5) is 29.0. The van der Waals surface area contributed by atoms with Crippen LogP contribution in [0.25, 0.3) is 0 Å². The molecule has 0 unspecified atom stereocenters. The van der Waals surface area contributed by atoms with Gasteiger partial charge in [-0.1, -0.05) is 11.1 Å². The van der Waals surface area contributed by atoms with Gasteiger partial charge in [0.1, 0.15) is 0 Å². The van der Waals surface area contributed by atoms with E-state index in [0.717, 1.165) is 18.5 Å². The Morgan fingerprint density at radius 2 is 2.14 bits per heavy atom. The number of methoxy groups -OCH3 is 1. The number of nitrogens with zero attached hydrogens (tertiary/aromatic N) is 4. The molecular weight excluding hydrogens is 358 g/mol. The van der Waals surface area contributed by atoms with Crippen LogP contribution in [0.15, 0.2) is 23.5 Å². The molecule has 1 aromatic heterocycles. The Morgan fingerprint density at radius 1 is 1.36 bits per heavy atom. The molecule has 2 aliphatic heterocycles. The smallest absolute Gasteiger partial charge is 0.317 e. The van der Waals surface area contributed by atoms with E-state index in [1.165, 1.54) is 11.1 Å². The van der Waals surface area contributed by atoms with E-state index >= 15 is 0 Å². The Labute approximate surface area is 166 Å². The van der Waals surface area contributed by atoms with Gasteiger partial charge in [-0.15, -0.1) is 0 Å². The number of carbonyl (C=O) groups is 2. The van der Waals surface area contributed by atoms with E-state index in [9.17, 15) is 9.59 Å². The number of hydrogen-bond donors (Lipinski definition) is 1. The largest absolute Gasteiger partial charge is 0.383 e. The molecule has 3 heterocycles. The maximum absolute atomic E-state index is 12.6. The van der Waals surface area contributed by atoms with Crippen molar-refractivity contribution in [2.45, 2.75) is 32.7 Å². The van der Waals surface area contributed by atoms with Crippen molar-refractivity contribution in [1.82, 2.24) is 24.9 Å². The molecule has 1 aromatic rings. The van der Waals surface area contributed by atoms with Crippen molar-refractivity contribution in [2.24, 2.45) is 13.0 Å². The first-order chi connectivity index (χ1) is 13.4. The first-order valence-electron chi connectivity index (χ1n) is 9.85. The number of amides is 3. The lowest BCUT2D eigenvalue weighted by atomic mass is 9.95. The van der Waals surface area contributed by atoms with Crippen LogP contribution in [-0.4, -0.2) is 71.4 Å². The average molecular weight is 390 g/mol. The maximum Gasteiger partial charge on any atom is 0.317 e. The highest BCUT2D eigenvalue weighted by atomic mass is 16.5. The van der Waals surface area contributed by atoms with Crippen LogP contribution in [0.4, 0.5) is 4.79 Å². The van der Waals surface area contributed by atoms with E-state index in [1.807, 2.05) is 23.0 Å². The summed E-state index contributed by atoms with van der Waals surface area (Å²) in [6.45, 7) is 7.11. The lowest BCUT2D eigenvalue weighted by Gasteiger charge is -2.30. The van der Waals surface area contributed by atoms with Gasteiger partial charge in [-0.2, -0.15) is 5.10 Å². The van der Waals surface area contributed by atoms with E-state index in [0.29, 0.717) is 32.7 Å². The minimum atomic E-state index is -0.0955. The van der Waals surface area contributed by atoms with Gasteiger partial charge in [0.05, 0.1) is 18.8 Å². The van der Waals surface area contributed by atoms with Crippen molar-refractivity contribution in [1.29, 1.82) is 0 Å². The van der Waals surface area contributed by atoms with Gasteiger partial charge in [0.15, 0.2) is 0 Å². The maximum atomic E-state index is 12.6. The molecule has 2 aliphatic rings. The Morgan fingerprint density at radius 3 is 2.79 bits per heavy atom. The van der Waals surface area contributed by atoms with Gasteiger partial charge in [0.2, 0.25) is 5.91 Å². The van der Waals surface area contributed by atoms with Crippen LogP contribution in [-0.2, 0) is 16.6 Å². The van der Waals surface area contributed by atoms with Crippen LogP contribution in [0.3, 0.4) is 0 Å². The van der Waals surface area contributed by atoms with E-state index in [1.54, 1.807) is 18.0 Å². The molecule has 0 spiro atoms. The Hall–Kier alpha value is -2.35. The summed E-state index contributed by atoms with van der Waals surface area (Å²) in [7, 11) is 3.50. The predicted molar refractivity (Wildman–Crippen MR) is 106 cm³/mol. The van der Waals surface area contributed by atoms with E-state index in [4.69, 9.17) is 4.74 Å². The molecule has 1 fully saturated rings. The summed E-state index contributed by atoms with van der Waals surface area (Å²) in [5, 5.41) is 7.33. The summed E-state index contributed by atoms with van der Waals surface area (Å²) in [6.07, 6.45) is 5.09. The summed E-state index contributed by atoms with van der Waals surface area (Å²) in [6, 6.07) is -0.151. The number of aryl methyl sites for hydroxylation is 1. The van der Waals surface area contributed by atoms with Crippen molar-refractivity contribution in [3.63, 3.8) is 0 Å². The number of aromatic nitrogens is 2. The summed E-state index contributed by atoms with van der Waals surface area (Å²) in [5.41, 5.74) is 3.63. The molecule has 0 aliphatic carbocycles. The van der Waals surface area contributed by atoms with Crippen LogP contribution < -0.4 is 5.32 Å². The second-order valence-electron chi connectivity index (χ2n) is 7.85. The van der Waals surface area contributed by atoms with Crippen molar-refractivity contribution in [3.8, 4) is 0 Å². The molecule has 154 valence electrons. The Balaban J connectivity index is 1.67. The van der Waals surface area contributed by atoms with Crippen molar-refractivity contribution >= 4 is 11.9 Å². The van der Waals surface area contributed by atoms with Crippen molar-refractivity contribution in [3.05, 3.63) is 29.1 Å². The summed E-state index contributed by atoms with van der Waals surface area (Å²) in [5.74, 6) is 0.109. The molecule has 3 rings (SSSR count). The molecule has 8 nitrogen and oxygen atoms in total. The van der Waals surface area contributed by atoms with Crippen LogP contribution in [0.2, 0.25) is 0 Å². The molecule has 0 bridgehead atoms. The third kappa shape index (κ3) is 4.38. The summed E-state index contributed by atoms with van der Waals surface area (Å²) >= 11 is 0. The van der Waals surface area contributed by atoms with Crippen LogP contribution in [0.5, 0.6) is 0 Å². The van der Waals surface area contributed by atoms with E-state index in [2.05, 4.69) is 24.3 Å². The molecule has 1 saturated heterocycles. The second kappa shape index (κ2) is 8.77. The molecule has 1 N–H and O–H groups in total. The normalized spacial score (nSPS) is 22.9. The number of nitrogens with one attached hydrogen (secondary N) is 1. The fourth-order valence-corrected chi connectivity index (χ4v) is 4.06. The third-order valence-corrected chi connectivity index (χ3v) is 5.86. The van der Waals surface area contributed by atoms with Gasteiger partial charge in [0.25, 0.3) is 0 Å². The molecule has 0 aromatic carbocycles. The zero-order valence-corrected chi connectivity index (χ0v) is 17.3. The van der Waals surface area contributed by atoms with E-state index < -0.39 is 0 Å². The SMILES string of the molecule is COCCN1C(=O)C[C@H](CNC(=O)N2CCC(C)=C(C)C2)[C@H]1c1cnn(C)c1. The molecule has 0 radical (unpaired) electrons. The van der Waals surface area contributed by atoms with Gasteiger partial charge >= 0.3 is 6.03 Å². The van der Waals surface area contributed by atoms with Crippen molar-refractivity contribution < 1.29 is 14.3 Å². The van der Waals surface area contributed by atoms with Crippen LogP contribution in [0.1, 0.15) is 38.3 Å². The highest BCUT2D eigenvalue weighted by Gasteiger charge is 2.41. The quantitative estimate of drug-likeness (QED) is 0.751. The fourth-order valence-electron chi connectivity index (χ4n) is 4.06. The summed E-state index contributed by atoms with van der Waals surface area (Å²) < 4.78 is 6.92. The molecule has 28 heavy (non-hydrogen) atoms. The number of rotatable bonds is 6. The molecule has 2 atom stereocenters. The lowest BCUT2D eigenvalue weighted by molar-refractivity contribution is -0.129. The second-order valence-corrected chi connectivity index (χ2v) is 7.85. The van der Waals surface area contributed by atoms with Gasteiger partial charge in [0, 0.05) is 64.4 Å². The highest BCUT2D eigenvalue weighted by molar-refractivity contribution is 5.80. The molecule has 3 amide bonds. The first kappa shape index (κ1) is 20.4. The predicted octanol–water partition coefficient (Wildman–Crippen LogP) is 1.71. The van der Waals surface area contributed by atoms with Crippen LogP contribution >= 0.6 is 0 Å². The Kier molecular flexibility index (Phi) is 6.39. The lowest BCUT2D eigenvalue weighted by Crippen LogP contribution is -2.45. The molecular formula is C20H31N5O3. The Bertz CT molecular complexity index is 757. The minimum Gasteiger partial charge on any atom is -0.383 e.